The lowest BCUT2D eigenvalue weighted by molar-refractivity contribution is 0.406. The topological polar surface area (TPSA) is 34.1 Å². The van der Waals surface area contributed by atoms with E-state index >= 15 is 0 Å². The van der Waals surface area contributed by atoms with Crippen LogP contribution in [0, 0.1) is 13.8 Å². The Morgan fingerprint density at radius 2 is 1.86 bits per heavy atom. The van der Waals surface area contributed by atoms with Crippen LogP contribution < -0.4 is 10.1 Å². The van der Waals surface area contributed by atoms with Crippen molar-refractivity contribution in [1.82, 2.24) is 10.3 Å². The highest BCUT2D eigenvalue weighted by Gasteiger charge is 2.14. The number of nitrogens with zero attached hydrogens (tertiary/aromatic N) is 1. The molecule has 0 aliphatic rings. The smallest absolute Gasteiger partial charge is 0.122 e. The molecule has 0 aliphatic heterocycles. The first-order valence-corrected chi connectivity index (χ1v) is 7.36. The number of likely N-dealkylation sites (N-methyl/N-ethyl adjacent to an activating group) is 1. The van der Waals surface area contributed by atoms with Gasteiger partial charge in [-0.3, -0.25) is 4.98 Å². The average Bonchev–Trinajstić information content (AvgIpc) is 2.43. The fraction of sp³-hybridized carbons (Fsp3) is 0.353. The molecule has 0 saturated heterocycles. The van der Waals surface area contributed by atoms with Crippen molar-refractivity contribution >= 4 is 11.6 Å². The molecule has 1 N–H and O–H groups in total. The van der Waals surface area contributed by atoms with Gasteiger partial charge in [-0.05, 0) is 68.8 Å². The quantitative estimate of drug-likeness (QED) is 0.910. The standard InChI is InChI=1S/C17H21ClN2O/c1-11-7-13(8-12(2)20-11)16(19-3)10-14-9-15(18)5-6-17(14)21-4/h5-9,16,19H,10H2,1-4H3. The maximum Gasteiger partial charge on any atom is 0.122 e. The van der Waals surface area contributed by atoms with Gasteiger partial charge in [0.05, 0.1) is 7.11 Å². The molecule has 0 radical (unpaired) electrons. The number of rotatable bonds is 5. The molecule has 21 heavy (non-hydrogen) atoms. The largest absolute Gasteiger partial charge is 0.496 e. The third kappa shape index (κ3) is 3.96. The van der Waals surface area contributed by atoms with Crippen LogP contribution in [0.15, 0.2) is 30.3 Å². The molecule has 0 bridgehead atoms. The predicted octanol–water partition coefficient (Wildman–Crippen LogP) is 3.86. The van der Waals surface area contributed by atoms with E-state index in [2.05, 4.69) is 22.4 Å². The van der Waals surface area contributed by atoms with Crippen molar-refractivity contribution in [2.45, 2.75) is 26.3 Å². The molecule has 0 saturated carbocycles. The number of benzene rings is 1. The molecule has 1 aromatic heterocycles. The number of pyridine rings is 1. The minimum absolute atomic E-state index is 0.192. The Bertz CT molecular complexity index is 608. The first-order chi connectivity index (χ1) is 10.0. The highest BCUT2D eigenvalue weighted by molar-refractivity contribution is 6.30. The van der Waals surface area contributed by atoms with Gasteiger partial charge in [-0.2, -0.15) is 0 Å². The third-order valence-electron chi connectivity index (χ3n) is 3.52. The Balaban J connectivity index is 2.32. The summed E-state index contributed by atoms with van der Waals surface area (Å²) in [5, 5.41) is 4.09. The van der Waals surface area contributed by atoms with E-state index < -0.39 is 0 Å². The SMILES string of the molecule is CNC(Cc1cc(Cl)ccc1OC)c1cc(C)nc(C)c1. The summed E-state index contributed by atoms with van der Waals surface area (Å²) in [5.41, 5.74) is 4.38. The van der Waals surface area contributed by atoms with E-state index in [4.69, 9.17) is 16.3 Å². The lowest BCUT2D eigenvalue weighted by Gasteiger charge is -2.19. The zero-order chi connectivity index (χ0) is 15.4. The Kier molecular flexibility index (Phi) is 5.21. The molecule has 2 aromatic rings. The van der Waals surface area contributed by atoms with Crippen LogP contribution in [-0.2, 0) is 6.42 Å². The molecule has 4 heteroatoms. The van der Waals surface area contributed by atoms with Gasteiger partial charge >= 0.3 is 0 Å². The third-order valence-corrected chi connectivity index (χ3v) is 3.76. The first kappa shape index (κ1) is 15.8. The molecular formula is C17H21ClN2O. The van der Waals surface area contributed by atoms with Crippen LogP contribution in [0.25, 0.3) is 0 Å². The van der Waals surface area contributed by atoms with Gasteiger partial charge in [-0.15, -0.1) is 0 Å². The van der Waals surface area contributed by atoms with E-state index in [0.717, 1.165) is 34.1 Å². The Hall–Kier alpha value is -1.58. The number of hydrogen-bond acceptors (Lipinski definition) is 3. The minimum atomic E-state index is 0.192. The van der Waals surface area contributed by atoms with Gasteiger partial charge < -0.3 is 10.1 Å². The molecular weight excluding hydrogens is 284 g/mol. The van der Waals surface area contributed by atoms with Crippen LogP contribution in [0.2, 0.25) is 5.02 Å². The van der Waals surface area contributed by atoms with Gasteiger partial charge in [0, 0.05) is 22.5 Å². The number of aryl methyl sites for hydroxylation is 2. The molecule has 3 nitrogen and oxygen atoms in total. The summed E-state index contributed by atoms with van der Waals surface area (Å²) in [7, 11) is 3.65. The molecule has 0 fully saturated rings. The van der Waals surface area contributed by atoms with Crippen LogP contribution in [-0.4, -0.2) is 19.1 Å². The summed E-state index contributed by atoms with van der Waals surface area (Å²) in [6, 6.07) is 10.1. The second kappa shape index (κ2) is 6.92. The fourth-order valence-electron chi connectivity index (χ4n) is 2.58. The number of nitrogens with one attached hydrogen (secondary N) is 1. The molecule has 112 valence electrons. The van der Waals surface area contributed by atoms with Crippen molar-refractivity contribution in [3.8, 4) is 5.75 Å². The summed E-state index contributed by atoms with van der Waals surface area (Å²) < 4.78 is 5.43. The summed E-state index contributed by atoms with van der Waals surface area (Å²) in [6.45, 7) is 4.03. The summed E-state index contributed by atoms with van der Waals surface area (Å²) in [4.78, 5) is 4.43. The van der Waals surface area contributed by atoms with Crippen molar-refractivity contribution in [1.29, 1.82) is 0 Å². The first-order valence-electron chi connectivity index (χ1n) is 6.98. The molecule has 1 atom stereocenters. The molecule has 1 heterocycles. The molecule has 2 rings (SSSR count). The molecule has 0 amide bonds. The van der Waals surface area contributed by atoms with Crippen molar-refractivity contribution in [2.24, 2.45) is 0 Å². The van der Waals surface area contributed by atoms with Gasteiger partial charge in [-0.25, -0.2) is 0 Å². The van der Waals surface area contributed by atoms with E-state index in [1.807, 2.05) is 39.1 Å². The zero-order valence-electron chi connectivity index (χ0n) is 12.9. The number of ether oxygens (including phenoxy) is 1. The van der Waals surface area contributed by atoms with Crippen LogP contribution in [0.5, 0.6) is 5.75 Å². The zero-order valence-corrected chi connectivity index (χ0v) is 13.7. The normalized spacial score (nSPS) is 12.2. The fourth-order valence-corrected chi connectivity index (χ4v) is 2.78. The van der Waals surface area contributed by atoms with E-state index in [1.54, 1.807) is 7.11 Å². The van der Waals surface area contributed by atoms with Crippen molar-refractivity contribution < 1.29 is 4.74 Å². The Morgan fingerprint density at radius 3 is 2.43 bits per heavy atom. The average molecular weight is 305 g/mol. The monoisotopic (exact) mass is 304 g/mol. The number of halogens is 1. The van der Waals surface area contributed by atoms with Crippen molar-refractivity contribution in [3.05, 3.63) is 57.9 Å². The highest BCUT2D eigenvalue weighted by atomic mass is 35.5. The second-order valence-corrected chi connectivity index (χ2v) is 5.62. The van der Waals surface area contributed by atoms with Gasteiger partial charge in [-0.1, -0.05) is 11.6 Å². The van der Waals surface area contributed by atoms with Crippen LogP contribution in [0.1, 0.15) is 28.6 Å². The van der Waals surface area contributed by atoms with Crippen molar-refractivity contribution in [2.75, 3.05) is 14.2 Å². The van der Waals surface area contributed by atoms with Crippen LogP contribution in [0.3, 0.4) is 0 Å². The van der Waals surface area contributed by atoms with Gasteiger partial charge in [0.15, 0.2) is 0 Å². The maximum atomic E-state index is 6.11. The van der Waals surface area contributed by atoms with E-state index in [-0.39, 0.29) is 6.04 Å². The highest BCUT2D eigenvalue weighted by Crippen LogP contribution is 2.28. The molecule has 1 unspecified atom stereocenters. The van der Waals surface area contributed by atoms with Gasteiger partial charge in [0.25, 0.3) is 0 Å². The summed E-state index contributed by atoms with van der Waals surface area (Å²) in [5.74, 6) is 0.863. The van der Waals surface area contributed by atoms with E-state index in [9.17, 15) is 0 Å². The van der Waals surface area contributed by atoms with E-state index in [1.165, 1.54) is 5.56 Å². The molecule has 1 aromatic carbocycles. The van der Waals surface area contributed by atoms with Crippen LogP contribution >= 0.6 is 11.6 Å². The Morgan fingerprint density at radius 1 is 1.19 bits per heavy atom. The maximum absolute atomic E-state index is 6.11. The summed E-state index contributed by atoms with van der Waals surface area (Å²) >= 11 is 6.11. The van der Waals surface area contributed by atoms with Crippen molar-refractivity contribution in [3.63, 3.8) is 0 Å². The lowest BCUT2D eigenvalue weighted by Crippen LogP contribution is -2.19. The second-order valence-electron chi connectivity index (χ2n) is 5.18. The minimum Gasteiger partial charge on any atom is -0.496 e. The number of aromatic nitrogens is 1. The van der Waals surface area contributed by atoms with Gasteiger partial charge in [0.1, 0.15) is 5.75 Å². The molecule has 0 aliphatic carbocycles. The predicted molar refractivity (Wildman–Crippen MR) is 87.2 cm³/mol. The van der Waals surface area contributed by atoms with E-state index in [0.29, 0.717) is 0 Å². The lowest BCUT2D eigenvalue weighted by atomic mass is 9.98. The van der Waals surface area contributed by atoms with Crippen LogP contribution in [0.4, 0.5) is 0 Å². The number of hydrogen-bond donors (Lipinski definition) is 1. The summed E-state index contributed by atoms with van der Waals surface area (Å²) in [6.07, 6.45) is 0.809. The molecule has 0 spiro atoms. The number of methoxy groups -OCH3 is 1. The van der Waals surface area contributed by atoms with Gasteiger partial charge in [0.2, 0.25) is 0 Å². The Labute approximate surface area is 131 Å².